The van der Waals surface area contributed by atoms with Crippen molar-refractivity contribution >= 4 is 0 Å². The highest BCUT2D eigenvalue weighted by Gasteiger charge is 2.35. The molecule has 2 nitrogen and oxygen atoms in total. The molecule has 0 atom stereocenters. The molecule has 1 aromatic heterocycles. The smallest absolute Gasteiger partial charge is 0.309 e. The minimum atomic E-state index is -4.64. The van der Waals surface area contributed by atoms with Crippen molar-refractivity contribution in [1.82, 2.24) is 10.3 Å². The molecule has 0 unspecified atom stereocenters. The third-order valence-electron chi connectivity index (χ3n) is 3.33. The number of pyridine rings is 1. The van der Waals surface area contributed by atoms with Crippen LogP contribution in [0.2, 0.25) is 0 Å². The maximum Gasteiger partial charge on any atom is 0.418 e. The summed E-state index contributed by atoms with van der Waals surface area (Å²) in [7, 11) is 0. The van der Waals surface area contributed by atoms with Gasteiger partial charge in [-0.3, -0.25) is 4.98 Å². The molecular weight excluding hydrogens is 272 g/mol. The largest absolute Gasteiger partial charge is 0.418 e. The Kier molecular flexibility index (Phi) is 2.97. The van der Waals surface area contributed by atoms with Gasteiger partial charge in [-0.2, -0.15) is 13.2 Å². The van der Waals surface area contributed by atoms with E-state index in [0.717, 1.165) is 17.3 Å². The van der Waals surface area contributed by atoms with Crippen molar-refractivity contribution in [2.24, 2.45) is 0 Å². The van der Waals surface area contributed by atoms with Crippen LogP contribution in [0.1, 0.15) is 16.7 Å². The molecule has 0 spiro atoms. The molecule has 0 saturated heterocycles. The van der Waals surface area contributed by atoms with Crippen LogP contribution in [0.15, 0.2) is 30.6 Å². The summed E-state index contributed by atoms with van der Waals surface area (Å²) in [6.07, 6.45) is -3.18. The molecule has 0 saturated carbocycles. The number of aromatic nitrogens is 1. The fourth-order valence-corrected chi connectivity index (χ4v) is 2.39. The van der Waals surface area contributed by atoms with Gasteiger partial charge in [0, 0.05) is 24.8 Å². The normalized spacial score (nSPS) is 14.4. The number of nitrogens with one attached hydrogen (secondary N) is 1. The van der Waals surface area contributed by atoms with E-state index in [1.165, 1.54) is 6.07 Å². The molecule has 1 aliphatic rings. The summed E-state index contributed by atoms with van der Waals surface area (Å²) in [4.78, 5) is 3.30. The summed E-state index contributed by atoms with van der Waals surface area (Å²) in [6.45, 7) is 1.26. The number of halogens is 4. The summed E-state index contributed by atoms with van der Waals surface area (Å²) >= 11 is 0. The quantitative estimate of drug-likeness (QED) is 0.810. The second-order valence-corrected chi connectivity index (χ2v) is 4.63. The lowest BCUT2D eigenvalue weighted by atomic mass is 9.97. The van der Waals surface area contributed by atoms with Crippen LogP contribution in [0.3, 0.4) is 0 Å². The van der Waals surface area contributed by atoms with E-state index in [9.17, 15) is 17.6 Å². The lowest BCUT2D eigenvalue weighted by Gasteiger charge is -2.14. The molecule has 20 heavy (non-hydrogen) atoms. The molecule has 104 valence electrons. The van der Waals surface area contributed by atoms with Gasteiger partial charge in [-0.15, -0.1) is 0 Å². The minimum absolute atomic E-state index is 0.222. The second kappa shape index (κ2) is 4.56. The predicted molar refractivity (Wildman–Crippen MR) is 65.2 cm³/mol. The maximum atomic E-state index is 13.8. The highest BCUT2D eigenvalue weighted by Crippen LogP contribution is 2.38. The molecule has 1 aliphatic heterocycles. The van der Waals surface area contributed by atoms with Crippen molar-refractivity contribution in [3.05, 3.63) is 53.1 Å². The van der Waals surface area contributed by atoms with E-state index in [0.29, 0.717) is 19.3 Å². The van der Waals surface area contributed by atoms with Crippen molar-refractivity contribution in [2.45, 2.75) is 19.3 Å². The van der Waals surface area contributed by atoms with Gasteiger partial charge in [0.05, 0.1) is 11.8 Å². The van der Waals surface area contributed by atoms with E-state index in [1.54, 1.807) is 12.1 Å². The molecule has 6 heteroatoms. The lowest BCUT2D eigenvalue weighted by Crippen LogP contribution is -2.09. The van der Waals surface area contributed by atoms with E-state index in [4.69, 9.17) is 0 Å². The molecule has 2 aromatic rings. The SMILES string of the molecule is Fc1cncc(C(F)(F)F)c1-c1ccc2c(c1)CNC2. The van der Waals surface area contributed by atoms with E-state index in [-0.39, 0.29) is 5.56 Å². The average Bonchev–Trinajstić information content (AvgIpc) is 2.84. The monoisotopic (exact) mass is 282 g/mol. The van der Waals surface area contributed by atoms with Gasteiger partial charge in [0.15, 0.2) is 0 Å². The number of nitrogens with zero attached hydrogens (tertiary/aromatic N) is 1. The van der Waals surface area contributed by atoms with Gasteiger partial charge in [0.1, 0.15) is 5.82 Å². The first kappa shape index (κ1) is 13.1. The summed E-state index contributed by atoms with van der Waals surface area (Å²) in [5.41, 5.74) is 0.647. The van der Waals surface area contributed by atoms with Crippen LogP contribution in [-0.2, 0) is 19.3 Å². The van der Waals surface area contributed by atoms with Gasteiger partial charge < -0.3 is 5.32 Å². The maximum absolute atomic E-state index is 13.8. The number of hydrogen-bond donors (Lipinski definition) is 1. The van der Waals surface area contributed by atoms with E-state index >= 15 is 0 Å². The van der Waals surface area contributed by atoms with E-state index < -0.39 is 23.1 Å². The van der Waals surface area contributed by atoms with Crippen LogP contribution in [0.4, 0.5) is 17.6 Å². The molecule has 0 aliphatic carbocycles. The number of fused-ring (bicyclic) bond motifs is 1. The zero-order chi connectivity index (χ0) is 14.3. The molecule has 3 rings (SSSR count). The van der Waals surface area contributed by atoms with Crippen LogP contribution in [-0.4, -0.2) is 4.98 Å². The molecule has 0 bridgehead atoms. The molecule has 2 heterocycles. The second-order valence-electron chi connectivity index (χ2n) is 4.63. The summed E-state index contributed by atoms with van der Waals surface area (Å²) in [5, 5.41) is 3.10. The Morgan fingerprint density at radius 1 is 1.05 bits per heavy atom. The highest BCUT2D eigenvalue weighted by molar-refractivity contribution is 5.69. The Balaban J connectivity index is 2.19. The first-order valence-electron chi connectivity index (χ1n) is 6.00. The first-order valence-corrected chi connectivity index (χ1v) is 6.00. The summed E-state index contributed by atoms with van der Waals surface area (Å²) in [6, 6.07) is 4.84. The Bertz CT molecular complexity index is 665. The zero-order valence-corrected chi connectivity index (χ0v) is 10.3. The molecule has 0 radical (unpaired) electrons. The third-order valence-corrected chi connectivity index (χ3v) is 3.33. The lowest BCUT2D eigenvalue weighted by molar-refractivity contribution is -0.137. The van der Waals surface area contributed by atoms with Crippen molar-refractivity contribution in [2.75, 3.05) is 0 Å². The Morgan fingerprint density at radius 2 is 1.80 bits per heavy atom. The molecule has 0 amide bonds. The molecule has 0 fully saturated rings. The number of alkyl halides is 3. The summed E-state index contributed by atoms with van der Waals surface area (Å²) < 4.78 is 52.7. The summed E-state index contributed by atoms with van der Waals surface area (Å²) in [5.74, 6) is -0.967. The van der Waals surface area contributed by atoms with Crippen molar-refractivity contribution < 1.29 is 17.6 Å². The number of hydrogen-bond acceptors (Lipinski definition) is 2. The van der Waals surface area contributed by atoms with Crippen LogP contribution in [0.5, 0.6) is 0 Å². The average molecular weight is 282 g/mol. The van der Waals surface area contributed by atoms with Crippen LogP contribution < -0.4 is 5.32 Å². The zero-order valence-electron chi connectivity index (χ0n) is 10.3. The van der Waals surface area contributed by atoms with Gasteiger partial charge in [-0.25, -0.2) is 4.39 Å². The minimum Gasteiger partial charge on any atom is -0.309 e. The van der Waals surface area contributed by atoms with E-state index in [1.807, 2.05) is 0 Å². The number of rotatable bonds is 1. The fourth-order valence-electron chi connectivity index (χ4n) is 2.39. The Hall–Kier alpha value is -1.95. The van der Waals surface area contributed by atoms with Crippen LogP contribution >= 0.6 is 0 Å². The van der Waals surface area contributed by atoms with Gasteiger partial charge >= 0.3 is 6.18 Å². The number of benzene rings is 1. The van der Waals surface area contributed by atoms with Crippen molar-refractivity contribution in [1.29, 1.82) is 0 Å². The van der Waals surface area contributed by atoms with Crippen molar-refractivity contribution in [3.63, 3.8) is 0 Å². The Labute approximate surface area is 112 Å². The third kappa shape index (κ3) is 2.16. The van der Waals surface area contributed by atoms with E-state index in [2.05, 4.69) is 10.3 Å². The molecular formula is C14H10F4N2. The van der Waals surface area contributed by atoms with Gasteiger partial charge in [-0.1, -0.05) is 12.1 Å². The standard InChI is InChI=1S/C14H10F4N2/c15-12-7-20-6-11(14(16,17)18)13(12)8-1-2-9-4-19-5-10(9)3-8/h1-3,6-7,19H,4-5H2. The highest BCUT2D eigenvalue weighted by atomic mass is 19.4. The van der Waals surface area contributed by atoms with Gasteiger partial charge in [-0.05, 0) is 22.8 Å². The molecule has 1 N–H and O–H groups in total. The predicted octanol–water partition coefficient (Wildman–Crippen LogP) is 3.51. The van der Waals surface area contributed by atoms with Crippen LogP contribution in [0, 0.1) is 5.82 Å². The van der Waals surface area contributed by atoms with Crippen LogP contribution in [0.25, 0.3) is 11.1 Å². The first-order chi connectivity index (χ1) is 9.47. The van der Waals surface area contributed by atoms with Gasteiger partial charge in [0.2, 0.25) is 0 Å². The topological polar surface area (TPSA) is 24.9 Å². The fraction of sp³-hybridized carbons (Fsp3) is 0.214. The molecule has 1 aromatic carbocycles. The Morgan fingerprint density at radius 3 is 2.55 bits per heavy atom. The van der Waals surface area contributed by atoms with Gasteiger partial charge in [0.25, 0.3) is 0 Å². The van der Waals surface area contributed by atoms with Crippen molar-refractivity contribution in [3.8, 4) is 11.1 Å².